The molecule has 0 aliphatic carbocycles. The Kier molecular flexibility index (Phi) is 5.26. The van der Waals surface area contributed by atoms with Crippen molar-refractivity contribution in [2.45, 2.75) is 4.90 Å². The van der Waals surface area contributed by atoms with Crippen molar-refractivity contribution in [2.75, 3.05) is 22.0 Å². The van der Waals surface area contributed by atoms with E-state index in [2.05, 4.69) is 15.0 Å². The second-order valence-electron chi connectivity index (χ2n) is 5.23. The van der Waals surface area contributed by atoms with Gasteiger partial charge in [-0.2, -0.15) is 0 Å². The summed E-state index contributed by atoms with van der Waals surface area (Å²) in [5.74, 6) is 0.207. The van der Waals surface area contributed by atoms with Crippen LogP contribution < -0.4 is 10.0 Å². The number of carbonyl (C=O) groups excluding carboxylic acids is 1. The number of anilines is 2. The number of carbonyl (C=O) groups is 1. The molecule has 25 heavy (non-hydrogen) atoms. The maximum absolute atomic E-state index is 12.1. The first-order valence-corrected chi connectivity index (χ1v) is 10.9. The van der Waals surface area contributed by atoms with E-state index in [1.807, 2.05) is 30.3 Å². The SMILES string of the molecule is CS(=O)(=O)Nc1nc2ccc(NC(=O)CSc3ccccc3)cc2s1. The summed E-state index contributed by atoms with van der Waals surface area (Å²) in [6.45, 7) is 0. The normalized spacial score (nSPS) is 11.4. The number of thioether (sulfide) groups is 1. The number of sulfonamides is 1. The van der Waals surface area contributed by atoms with Gasteiger partial charge in [0.25, 0.3) is 0 Å². The fraction of sp³-hybridized carbons (Fsp3) is 0.125. The Balaban J connectivity index is 1.66. The molecule has 0 spiro atoms. The first kappa shape index (κ1) is 17.7. The van der Waals surface area contributed by atoms with Crippen LogP contribution in [0.15, 0.2) is 53.4 Å². The molecule has 2 N–H and O–H groups in total. The van der Waals surface area contributed by atoms with E-state index in [4.69, 9.17) is 0 Å². The van der Waals surface area contributed by atoms with Crippen molar-refractivity contribution < 1.29 is 13.2 Å². The molecular formula is C16H15N3O3S3. The van der Waals surface area contributed by atoms with Crippen LogP contribution in [0.2, 0.25) is 0 Å². The molecule has 1 amide bonds. The Bertz CT molecular complexity index is 1000. The summed E-state index contributed by atoms with van der Waals surface area (Å²) in [5.41, 5.74) is 1.33. The highest BCUT2D eigenvalue weighted by Crippen LogP contribution is 2.29. The molecule has 0 aliphatic heterocycles. The number of thiazole rings is 1. The summed E-state index contributed by atoms with van der Waals surface area (Å²) < 4.78 is 25.7. The van der Waals surface area contributed by atoms with Gasteiger partial charge in [0.05, 0.1) is 22.2 Å². The van der Waals surface area contributed by atoms with E-state index in [1.165, 1.54) is 23.1 Å². The third-order valence-corrected chi connectivity index (χ3v) is 5.70. The van der Waals surface area contributed by atoms with Crippen LogP contribution in [0.25, 0.3) is 10.2 Å². The summed E-state index contributed by atoms with van der Waals surface area (Å²) >= 11 is 2.68. The van der Waals surface area contributed by atoms with Gasteiger partial charge in [0.2, 0.25) is 15.9 Å². The zero-order valence-corrected chi connectivity index (χ0v) is 15.7. The fourth-order valence-corrected chi connectivity index (χ4v) is 4.53. The highest BCUT2D eigenvalue weighted by atomic mass is 32.2. The average Bonchev–Trinajstić information content (AvgIpc) is 2.93. The summed E-state index contributed by atoms with van der Waals surface area (Å²) in [6.07, 6.45) is 1.08. The Hall–Kier alpha value is -2.10. The smallest absolute Gasteiger partial charge is 0.234 e. The van der Waals surface area contributed by atoms with Crippen molar-refractivity contribution in [3.8, 4) is 0 Å². The Morgan fingerprint density at radius 2 is 1.96 bits per heavy atom. The monoisotopic (exact) mass is 393 g/mol. The van der Waals surface area contributed by atoms with E-state index in [0.29, 0.717) is 22.1 Å². The minimum atomic E-state index is -3.36. The van der Waals surface area contributed by atoms with E-state index in [-0.39, 0.29) is 5.91 Å². The lowest BCUT2D eigenvalue weighted by atomic mass is 10.3. The molecule has 9 heteroatoms. The molecule has 0 saturated heterocycles. The molecule has 1 heterocycles. The van der Waals surface area contributed by atoms with Gasteiger partial charge in [-0.1, -0.05) is 29.5 Å². The van der Waals surface area contributed by atoms with Crippen LogP contribution in [-0.4, -0.2) is 31.3 Å². The van der Waals surface area contributed by atoms with Crippen LogP contribution in [0.3, 0.4) is 0 Å². The predicted octanol–water partition coefficient (Wildman–Crippen LogP) is 3.40. The van der Waals surface area contributed by atoms with Crippen molar-refractivity contribution in [2.24, 2.45) is 0 Å². The summed E-state index contributed by atoms with van der Waals surface area (Å²) in [4.78, 5) is 17.3. The quantitative estimate of drug-likeness (QED) is 0.627. The lowest BCUT2D eigenvalue weighted by Crippen LogP contribution is -2.13. The second kappa shape index (κ2) is 7.42. The zero-order chi connectivity index (χ0) is 17.9. The zero-order valence-electron chi connectivity index (χ0n) is 13.2. The lowest BCUT2D eigenvalue weighted by molar-refractivity contribution is -0.113. The van der Waals surface area contributed by atoms with Crippen LogP contribution in [0.5, 0.6) is 0 Å². The minimum absolute atomic E-state index is 0.104. The van der Waals surface area contributed by atoms with E-state index in [0.717, 1.165) is 15.9 Å². The number of rotatable bonds is 6. The molecule has 3 rings (SSSR count). The molecule has 2 aromatic carbocycles. The fourth-order valence-electron chi connectivity index (χ4n) is 2.07. The number of nitrogens with zero attached hydrogens (tertiary/aromatic N) is 1. The summed E-state index contributed by atoms with van der Waals surface area (Å²) in [7, 11) is -3.36. The molecule has 0 saturated carbocycles. The number of benzene rings is 2. The van der Waals surface area contributed by atoms with Gasteiger partial charge in [0, 0.05) is 10.6 Å². The highest BCUT2D eigenvalue weighted by Gasteiger charge is 2.10. The number of hydrogen-bond acceptors (Lipinski definition) is 6. The van der Waals surface area contributed by atoms with Crippen LogP contribution in [0, 0.1) is 0 Å². The van der Waals surface area contributed by atoms with Gasteiger partial charge in [-0.3, -0.25) is 9.52 Å². The van der Waals surface area contributed by atoms with Crippen LogP contribution in [0.1, 0.15) is 0 Å². The molecule has 3 aromatic rings. The van der Waals surface area contributed by atoms with Crippen molar-refractivity contribution in [1.82, 2.24) is 4.98 Å². The van der Waals surface area contributed by atoms with E-state index in [1.54, 1.807) is 18.2 Å². The average molecular weight is 394 g/mol. The molecule has 130 valence electrons. The molecule has 0 fully saturated rings. The van der Waals surface area contributed by atoms with E-state index < -0.39 is 10.0 Å². The molecule has 1 aromatic heterocycles. The maximum Gasteiger partial charge on any atom is 0.234 e. The summed E-state index contributed by atoms with van der Waals surface area (Å²) in [6, 6.07) is 15.0. The Labute approximate surface area is 153 Å². The standard InChI is InChI=1S/C16H15N3O3S3/c1-25(21,22)19-16-18-13-8-7-11(9-14(13)24-16)17-15(20)10-23-12-5-3-2-4-6-12/h2-9H,10H2,1H3,(H,17,20)(H,18,19). The maximum atomic E-state index is 12.1. The van der Waals surface area contributed by atoms with Crippen LogP contribution >= 0.6 is 23.1 Å². The van der Waals surface area contributed by atoms with E-state index >= 15 is 0 Å². The molecule has 0 unspecified atom stereocenters. The van der Waals surface area contributed by atoms with Crippen LogP contribution in [0.4, 0.5) is 10.8 Å². The van der Waals surface area contributed by atoms with Crippen molar-refractivity contribution in [3.05, 3.63) is 48.5 Å². The van der Waals surface area contributed by atoms with Gasteiger partial charge in [-0.05, 0) is 30.3 Å². The molecule has 0 bridgehead atoms. The number of aromatic nitrogens is 1. The van der Waals surface area contributed by atoms with Crippen molar-refractivity contribution in [3.63, 3.8) is 0 Å². The lowest BCUT2D eigenvalue weighted by Gasteiger charge is -2.05. The molecule has 0 radical (unpaired) electrons. The molecule has 0 aliphatic rings. The van der Waals surface area contributed by atoms with Gasteiger partial charge in [0.15, 0.2) is 5.13 Å². The van der Waals surface area contributed by atoms with Crippen molar-refractivity contribution in [1.29, 1.82) is 0 Å². The minimum Gasteiger partial charge on any atom is -0.325 e. The largest absolute Gasteiger partial charge is 0.325 e. The van der Waals surface area contributed by atoms with Gasteiger partial charge in [0.1, 0.15) is 0 Å². The third kappa shape index (κ3) is 5.18. The summed E-state index contributed by atoms with van der Waals surface area (Å²) in [5, 5.41) is 3.15. The second-order valence-corrected chi connectivity index (χ2v) is 9.05. The number of amides is 1. The first-order chi connectivity index (χ1) is 11.9. The number of fused-ring (bicyclic) bond motifs is 1. The molecule has 0 atom stereocenters. The topological polar surface area (TPSA) is 88.2 Å². The predicted molar refractivity (Wildman–Crippen MR) is 104 cm³/mol. The molecular weight excluding hydrogens is 378 g/mol. The first-order valence-electron chi connectivity index (χ1n) is 7.25. The number of nitrogens with one attached hydrogen (secondary N) is 2. The number of hydrogen-bond donors (Lipinski definition) is 2. The molecule has 6 nitrogen and oxygen atoms in total. The van der Waals surface area contributed by atoms with Gasteiger partial charge in [-0.15, -0.1) is 11.8 Å². The van der Waals surface area contributed by atoms with Gasteiger partial charge < -0.3 is 5.32 Å². The Morgan fingerprint density at radius 3 is 2.68 bits per heavy atom. The highest BCUT2D eigenvalue weighted by molar-refractivity contribution is 8.00. The Morgan fingerprint density at radius 1 is 1.20 bits per heavy atom. The third-order valence-electron chi connectivity index (χ3n) is 3.06. The van der Waals surface area contributed by atoms with Gasteiger partial charge >= 0.3 is 0 Å². The van der Waals surface area contributed by atoms with Crippen molar-refractivity contribution >= 4 is 60.1 Å². The van der Waals surface area contributed by atoms with E-state index in [9.17, 15) is 13.2 Å². The van der Waals surface area contributed by atoms with Gasteiger partial charge in [-0.25, -0.2) is 13.4 Å². The van der Waals surface area contributed by atoms with Crippen LogP contribution in [-0.2, 0) is 14.8 Å².